The first-order valence-corrected chi connectivity index (χ1v) is 8.25. The van der Waals surface area contributed by atoms with Gasteiger partial charge in [0.15, 0.2) is 0 Å². The summed E-state index contributed by atoms with van der Waals surface area (Å²) in [6, 6.07) is 12.3. The first-order valence-electron chi connectivity index (χ1n) is 7.50. The SMILES string of the molecule is CC(C)c1ccc(NC(=O)CC(=O)Nc2cc(Cl)ccc2Cl)cc1. The van der Waals surface area contributed by atoms with E-state index in [1.54, 1.807) is 12.1 Å². The maximum atomic E-state index is 12.0. The molecule has 4 nitrogen and oxygen atoms in total. The van der Waals surface area contributed by atoms with Gasteiger partial charge in [-0.05, 0) is 41.8 Å². The topological polar surface area (TPSA) is 58.2 Å². The van der Waals surface area contributed by atoms with E-state index in [0.717, 1.165) is 0 Å². The second-order valence-corrected chi connectivity index (χ2v) is 6.52. The molecule has 0 unspecified atom stereocenters. The van der Waals surface area contributed by atoms with Crippen LogP contribution in [0.1, 0.15) is 31.7 Å². The third kappa shape index (κ3) is 5.25. The van der Waals surface area contributed by atoms with Crippen LogP contribution in [0.5, 0.6) is 0 Å². The van der Waals surface area contributed by atoms with Crippen LogP contribution in [-0.2, 0) is 9.59 Å². The van der Waals surface area contributed by atoms with E-state index >= 15 is 0 Å². The number of benzene rings is 2. The van der Waals surface area contributed by atoms with Gasteiger partial charge in [-0.25, -0.2) is 0 Å². The lowest BCUT2D eigenvalue weighted by Crippen LogP contribution is -2.21. The zero-order chi connectivity index (χ0) is 17.7. The molecular weight excluding hydrogens is 347 g/mol. The van der Waals surface area contributed by atoms with Gasteiger partial charge in [0.05, 0.1) is 10.7 Å². The minimum atomic E-state index is -0.463. The van der Waals surface area contributed by atoms with Crippen LogP contribution >= 0.6 is 23.2 Å². The summed E-state index contributed by atoms with van der Waals surface area (Å²) in [5.41, 5.74) is 2.21. The molecule has 0 spiro atoms. The van der Waals surface area contributed by atoms with E-state index in [2.05, 4.69) is 24.5 Å². The molecule has 0 bridgehead atoms. The molecule has 2 N–H and O–H groups in total. The number of hydrogen-bond donors (Lipinski definition) is 2. The van der Waals surface area contributed by atoms with Crippen molar-refractivity contribution >= 4 is 46.4 Å². The van der Waals surface area contributed by atoms with Crippen molar-refractivity contribution in [2.24, 2.45) is 0 Å². The molecule has 0 radical (unpaired) electrons. The molecule has 0 atom stereocenters. The van der Waals surface area contributed by atoms with E-state index in [-0.39, 0.29) is 6.42 Å². The number of rotatable bonds is 5. The Morgan fingerprint density at radius 3 is 2.21 bits per heavy atom. The molecule has 0 aromatic heterocycles. The van der Waals surface area contributed by atoms with Crippen LogP contribution in [0.4, 0.5) is 11.4 Å². The second kappa shape index (κ2) is 8.18. The predicted molar refractivity (Wildman–Crippen MR) is 98.9 cm³/mol. The molecule has 0 aliphatic heterocycles. The van der Waals surface area contributed by atoms with E-state index in [0.29, 0.717) is 27.3 Å². The summed E-state index contributed by atoms with van der Waals surface area (Å²) in [5.74, 6) is -0.443. The molecule has 2 aromatic rings. The highest BCUT2D eigenvalue weighted by molar-refractivity contribution is 6.35. The van der Waals surface area contributed by atoms with E-state index < -0.39 is 11.8 Å². The third-order valence-corrected chi connectivity index (χ3v) is 3.95. The lowest BCUT2D eigenvalue weighted by Gasteiger charge is -2.09. The van der Waals surface area contributed by atoms with Crippen LogP contribution in [0.2, 0.25) is 10.0 Å². The Bertz CT molecular complexity index is 743. The van der Waals surface area contributed by atoms with E-state index in [4.69, 9.17) is 23.2 Å². The summed E-state index contributed by atoms with van der Waals surface area (Å²) in [4.78, 5) is 23.9. The van der Waals surface area contributed by atoms with Crippen molar-refractivity contribution in [2.75, 3.05) is 10.6 Å². The number of anilines is 2. The quantitative estimate of drug-likeness (QED) is 0.726. The number of amides is 2. The van der Waals surface area contributed by atoms with Crippen LogP contribution in [0.3, 0.4) is 0 Å². The van der Waals surface area contributed by atoms with E-state index in [1.807, 2.05) is 24.3 Å². The van der Waals surface area contributed by atoms with Gasteiger partial charge in [-0.1, -0.05) is 49.2 Å². The second-order valence-electron chi connectivity index (χ2n) is 5.67. The van der Waals surface area contributed by atoms with Crippen molar-refractivity contribution in [3.63, 3.8) is 0 Å². The zero-order valence-electron chi connectivity index (χ0n) is 13.4. The van der Waals surface area contributed by atoms with Crippen molar-refractivity contribution in [1.29, 1.82) is 0 Å². The van der Waals surface area contributed by atoms with Gasteiger partial charge in [-0.15, -0.1) is 0 Å². The fraction of sp³-hybridized carbons (Fsp3) is 0.222. The predicted octanol–water partition coefficient (Wildman–Crippen LogP) is 5.08. The van der Waals surface area contributed by atoms with Crippen molar-refractivity contribution in [1.82, 2.24) is 0 Å². The Morgan fingerprint density at radius 2 is 1.58 bits per heavy atom. The largest absolute Gasteiger partial charge is 0.326 e. The Kier molecular flexibility index (Phi) is 6.23. The molecule has 6 heteroatoms. The molecule has 2 amide bonds. The molecule has 0 fully saturated rings. The number of carbonyl (C=O) groups is 2. The average molecular weight is 365 g/mol. The molecule has 0 aliphatic rings. The minimum absolute atomic E-state index is 0.311. The Labute approximate surface area is 151 Å². The van der Waals surface area contributed by atoms with Crippen molar-refractivity contribution < 1.29 is 9.59 Å². The first kappa shape index (κ1) is 18.3. The molecule has 126 valence electrons. The smallest absolute Gasteiger partial charge is 0.233 e. The monoisotopic (exact) mass is 364 g/mol. The van der Waals surface area contributed by atoms with Crippen LogP contribution < -0.4 is 10.6 Å². The normalized spacial score (nSPS) is 10.5. The number of nitrogens with one attached hydrogen (secondary N) is 2. The molecule has 0 heterocycles. The molecule has 2 aromatic carbocycles. The maximum Gasteiger partial charge on any atom is 0.233 e. The summed E-state index contributed by atoms with van der Waals surface area (Å²) in [6.45, 7) is 4.19. The Hall–Kier alpha value is -2.04. The number of hydrogen-bond acceptors (Lipinski definition) is 2. The first-order chi connectivity index (χ1) is 11.3. The van der Waals surface area contributed by atoms with E-state index in [9.17, 15) is 9.59 Å². The summed E-state index contributed by atoms with van der Waals surface area (Å²) < 4.78 is 0. The highest BCUT2D eigenvalue weighted by Gasteiger charge is 2.12. The highest BCUT2D eigenvalue weighted by atomic mass is 35.5. The number of carbonyl (C=O) groups excluding carboxylic acids is 2. The van der Waals surface area contributed by atoms with Crippen molar-refractivity contribution in [3.8, 4) is 0 Å². The molecule has 24 heavy (non-hydrogen) atoms. The highest BCUT2D eigenvalue weighted by Crippen LogP contribution is 2.25. The lowest BCUT2D eigenvalue weighted by atomic mass is 10.0. The summed E-state index contributed by atoms with van der Waals surface area (Å²) in [6.07, 6.45) is -0.311. The maximum absolute atomic E-state index is 12.0. The summed E-state index contributed by atoms with van der Waals surface area (Å²) >= 11 is 11.8. The Morgan fingerprint density at radius 1 is 0.958 bits per heavy atom. The van der Waals surface area contributed by atoms with Crippen LogP contribution in [0.15, 0.2) is 42.5 Å². The third-order valence-electron chi connectivity index (χ3n) is 3.38. The minimum Gasteiger partial charge on any atom is -0.326 e. The molecule has 2 rings (SSSR count). The van der Waals surface area contributed by atoms with Crippen molar-refractivity contribution in [3.05, 3.63) is 58.1 Å². The molecule has 0 aliphatic carbocycles. The van der Waals surface area contributed by atoms with Crippen molar-refractivity contribution in [2.45, 2.75) is 26.2 Å². The fourth-order valence-corrected chi connectivity index (χ4v) is 2.43. The van der Waals surface area contributed by atoms with Gasteiger partial charge < -0.3 is 10.6 Å². The van der Waals surface area contributed by atoms with Gasteiger partial charge in [-0.2, -0.15) is 0 Å². The van der Waals surface area contributed by atoms with Crippen LogP contribution in [0.25, 0.3) is 0 Å². The van der Waals surface area contributed by atoms with Gasteiger partial charge in [0.25, 0.3) is 0 Å². The van der Waals surface area contributed by atoms with Gasteiger partial charge in [0.1, 0.15) is 6.42 Å². The lowest BCUT2D eigenvalue weighted by molar-refractivity contribution is -0.123. The zero-order valence-corrected chi connectivity index (χ0v) is 14.9. The average Bonchev–Trinajstić information content (AvgIpc) is 2.51. The van der Waals surface area contributed by atoms with Gasteiger partial charge in [0.2, 0.25) is 11.8 Å². The van der Waals surface area contributed by atoms with Gasteiger partial charge >= 0.3 is 0 Å². The molecule has 0 saturated carbocycles. The van der Waals surface area contributed by atoms with Gasteiger partial charge in [-0.3, -0.25) is 9.59 Å². The Balaban J connectivity index is 1.91. The number of halogens is 2. The molecule has 0 saturated heterocycles. The summed E-state index contributed by atoms with van der Waals surface area (Å²) in [5, 5.41) is 6.07. The van der Waals surface area contributed by atoms with Crippen LogP contribution in [0, 0.1) is 0 Å². The summed E-state index contributed by atoms with van der Waals surface area (Å²) in [7, 11) is 0. The fourth-order valence-electron chi connectivity index (χ4n) is 2.09. The standard InChI is InChI=1S/C18H18Cl2N2O2/c1-11(2)12-3-6-14(7-4-12)21-17(23)10-18(24)22-16-9-13(19)5-8-15(16)20/h3-9,11H,10H2,1-2H3,(H,21,23)(H,22,24). The van der Waals surface area contributed by atoms with Gasteiger partial charge in [0, 0.05) is 10.7 Å². The van der Waals surface area contributed by atoms with Crippen LogP contribution in [-0.4, -0.2) is 11.8 Å². The molecular formula is C18H18Cl2N2O2. The van der Waals surface area contributed by atoms with E-state index in [1.165, 1.54) is 11.6 Å².